The fraction of sp³-hybridized carbons (Fsp3) is 0.462. The summed E-state index contributed by atoms with van der Waals surface area (Å²) in [5.41, 5.74) is 5.11. The van der Waals surface area contributed by atoms with Crippen molar-refractivity contribution in [2.24, 2.45) is 0 Å². The minimum atomic E-state index is -1.07. The van der Waals surface area contributed by atoms with E-state index in [0.717, 1.165) is 101 Å². The highest BCUT2D eigenvalue weighted by Crippen LogP contribution is 2.45. The van der Waals surface area contributed by atoms with E-state index in [4.69, 9.17) is 19.3 Å². The molecule has 2 aliphatic carbocycles. The molecular weight excluding hydrogens is 805 g/mol. The number of likely N-dealkylation sites (tertiary alicyclic amines) is 2. The summed E-state index contributed by atoms with van der Waals surface area (Å²) < 4.78 is 18.9. The first-order valence-corrected chi connectivity index (χ1v) is 23.4. The number of esters is 1. The van der Waals surface area contributed by atoms with Crippen LogP contribution in [0.1, 0.15) is 106 Å². The molecule has 5 heterocycles. The first kappa shape index (κ1) is 41.6. The number of nitrogens with one attached hydrogen (secondary N) is 2. The monoisotopic (exact) mass is 862 g/mol. The third-order valence-electron chi connectivity index (χ3n) is 15.0. The Balaban J connectivity index is 0.620. The van der Waals surface area contributed by atoms with E-state index in [-0.39, 0.29) is 22.9 Å². The maximum atomic E-state index is 13.4. The second-order valence-corrected chi connectivity index (χ2v) is 19.5. The van der Waals surface area contributed by atoms with Crippen LogP contribution in [0.25, 0.3) is 10.8 Å². The van der Waals surface area contributed by atoms with Crippen molar-refractivity contribution in [1.29, 1.82) is 0 Å². The number of aromatic carboxylic acids is 1. The highest BCUT2D eigenvalue weighted by molar-refractivity contribution is 5.96. The van der Waals surface area contributed by atoms with Crippen LogP contribution >= 0.6 is 0 Å². The summed E-state index contributed by atoms with van der Waals surface area (Å²) in [6, 6.07) is 33.1. The molecule has 1 aromatic heterocycles. The first-order chi connectivity index (χ1) is 31.2. The number of aromatic nitrogens is 2. The molecule has 332 valence electrons. The number of ether oxygens (including phenoxy) is 3. The van der Waals surface area contributed by atoms with E-state index >= 15 is 0 Å². The Labute approximate surface area is 374 Å². The molecule has 0 bridgehead atoms. The van der Waals surface area contributed by atoms with Gasteiger partial charge in [0.2, 0.25) is 0 Å². The third kappa shape index (κ3) is 9.22. The van der Waals surface area contributed by atoms with Gasteiger partial charge in [-0.15, -0.1) is 0 Å². The molecule has 2 unspecified atom stereocenters. The van der Waals surface area contributed by atoms with Crippen LogP contribution in [-0.4, -0.2) is 112 Å². The van der Waals surface area contributed by atoms with Gasteiger partial charge in [-0.25, -0.2) is 14.6 Å². The largest absolute Gasteiger partial charge is 0.476 e. The van der Waals surface area contributed by atoms with E-state index in [9.17, 15) is 9.59 Å². The number of carboxylic acids is 1. The minimum Gasteiger partial charge on any atom is -0.476 e. The van der Waals surface area contributed by atoms with Gasteiger partial charge in [0.25, 0.3) is 0 Å². The van der Waals surface area contributed by atoms with Gasteiger partial charge in [-0.05, 0) is 109 Å². The lowest BCUT2D eigenvalue weighted by Gasteiger charge is -2.38. The molecule has 2 saturated carbocycles. The quantitative estimate of drug-likeness (QED) is 0.0824. The standard InChI is InChI=1S/C52H58N6O6/c59-49(60)48-29-53-42(28-54-48)31-58-19-15-52(16-20-58)27-41(33-63-52)56-47-25-45(47)38-7-4-8-43(23-38)64-50(61)39-12-11-36-21-34(9-10-37(36)22-39)30-57-17-13-51(14-18-57)26-40(32-62-51)55-46-24-44(46)35-5-2-1-3-6-35/h1-12,21-23,28-29,40-41,44-47,55-56H,13-20,24-27,30-33H2,(H,59,60)/t40?,41?,44-,45-,46+,47+/m0/s1. The zero-order valence-corrected chi connectivity index (χ0v) is 36.4. The summed E-state index contributed by atoms with van der Waals surface area (Å²) in [4.78, 5) is 37.7. The highest BCUT2D eigenvalue weighted by Gasteiger charge is 2.48. The Morgan fingerprint density at radius 1 is 0.688 bits per heavy atom. The van der Waals surface area contributed by atoms with E-state index < -0.39 is 5.97 Å². The van der Waals surface area contributed by atoms with Crippen LogP contribution in [0.15, 0.2) is 103 Å². The van der Waals surface area contributed by atoms with E-state index in [1.54, 1.807) is 6.20 Å². The lowest BCUT2D eigenvalue weighted by molar-refractivity contribution is -0.0452. The van der Waals surface area contributed by atoms with Gasteiger partial charge in [-0.1, -0.05) is 60.7 Å². The number of hydrogen-bond donors (Lipinski definition) is 3. The Bertz CT molecular complexity index is 2490. The number of piperidine rings is 2. The van der Waals surface area contributed by atoms with Crippen LogP contribution in [0.4, 0.5) is 0 Å². The van der Waals surface area contributed by atoms with Crippen LogP contribution in [0.5, 0.6) is 5.75 Å². The van der Waals surface area contributed by atoms with Gasteiger partial charge in [0.05, 0.1) is 48.1 Å². The Morgan fingerprint density at radius 2 is 1.31 bits per heavy atom. The number of rotatable bonds is 13. The zero-order valence-electron chi connectivity index (χ0n) is 36.4. The van der Waals surface area contributed by atoms with Crippen LogP contribution in [0.3, 0.4) is 0 Å². The number of fused-ring (bicyclic) bond motifs is 1. The average Bonchev–Trinajstić information content (AvgIpc) is 4.20. The molecular formula is C52H58N6O6. The predicted molar refractivity (Wildman–Crippen MR) is 243 cm³/mol. The van der Waals surface area contributed by atoms with E-state index in [2.05, 4.69) is 85.0 Å². The molecule has 0 radical (unpaired) electrons. The molecule has 4 aliphatic heterocycles. The number of hydrogen-bond acceptors (Lipinski definition) is 11. The van der Waals surface area contributed by atoms with Crippen LogP contribution in [-0.2, 0) is 22.6 Å². The molecule has 12 heteroatoms. The minimum absolute atomic E-state index is 0.0104. The van der Waals surface area contributed by atoms with E-state index in [0.29, 0.717) is 60.5 Å². The molecule has 6 fully saturated rings. The van der Waals surface area contributed by atoms with Crippen LogP contribution in [0.2, 0.25) is 0 Å². The molecule has 3 N–H and O–H groups in total. The van der Waals surface area contributed by atoms with Crippen LogP contribution in [0, 0.1) is 0 Å². The molecule has 6 aliphatic rings. The molecule has 0 amide bonds. The SMILES string of the molecule is O=C(Oc1cccc([C@@H]2C[C@H]2NC2COC3(CCN(Cc4cnc(C(=O)O)cn4)CC3)C2)c1)c1ccc2cc(CN3CCC4(CC3)CC(N[C@@H]3C[C@H]3c3ccccc3)CO4)ccc2c1. The van der Waals surface area contributed by atoms with Gasteiger partial charge in [-0.3, -0.25) is 14.8 Å². The first-order valence-electron chi connectivity index (χ1n) is 23.4. The summed E-state index contributed by atoms with van der Waals surface area (Å²) in [6.45, 7) is 6.97. The fourth-order valence-electron chi connectivity index (χ4n) is 11.2. The molecule has 12 nitrogen and oxygen atoms in total. The van der Waals surface area contributed by atoms with Crippen molar-refractivity contribution in [1.82, 2.24) is 30.4 Å². The molecule has 2 spiro atoms. The maximum Gasteiger partial charge on any atom is 0.356 e. The molecule has 11 rings (SSSR count). The second kappa shape index (κ2) is 17.4. The number of carbonyl (C=O) groups is 2. The van der Waals surface area contributed by atoms with Gasteiger partial charge in [-0.2, -0.15) is 0 Å². The van der Waals surface area contributed by atoms with Crippen molar-refractivity contribution in [3.63, 3.8) is 0 Å². The van der Waals surface area contributed by atoms with Gasteiger partial charge in [0.15, 0.2) is 5.69 Å². The van der Waals surface area contributed by atoms with Crippen LogP contribution < -0.4 is 15.4 Å². The van der Waals surface area contributed by atoms with Gasteiger partial charge < -0.3 is 30.0 Å². The van der Waals surface area contributed by atoms with Crippen molar-refractivity contribution < 1.29 is 28.9 Å². The lowest BCUT2D eigenvalue weighted by atomic mass is 9.87. The van der Waals surface area contributed by atoms with Crippen molar-refractivity contribution in [3.8, 4) is 5.75 Å². The van der Waals surface area contributed by atoms with Crippen molar-refractivity contribution >= 4 is 22.7 Å². The third-order valence-corrected chi connectivity index (χ3v) is 15.0. The highest BCUT2D eigenvalue weighted by atomic mass is 16.5. The Kier molecular flexibility index (Phi) is 11.3. The topological polar surface area (TPSA) is 138 Å². The summed E-state index contributed by atoms with van der Waals surface area (Å²) in [5.74, 6) is 0.173. The van der Waals surface area contributed by atoms with Gasteiger partial charge >= 0.3 is 11.9 Å². The second-order valence-electron chi connectivity index (χ2n) is 19.5. The summed E-state index contributed by atoms with van der Waals surface area (Å²) >= 11 is 0. The Hall–Kier alpha value is -5.08. The van der Waals surface area contributed by atoms with E-state index in [1.165, 1.54) is 29.3 Å². The lowest BCUT2D eigenvalue weighted by Crippen LogP contribution is -2.44. The smallest absolute Gasteiger partial charge is 0.356 e. The Morgan fingerprint density at radius 3 is 1.97 bits per heavy atom. The van der Waals surface area contributed by atoms with E-state index in [1.807, 2.05) is 36.4 Å². The molecule has 5 aromatic rings. The normalized spacial score (nSPS) is 27.2. The van der Waals surface area contributed by atoms with Crippen molar-refractivity contribution in [2.75, 3.05) is 39.4 Å². The fourth-order valence-corrected chi connectivity index (χ4v) is 11.2. The number of carboxylic acid groups (broad SMARTS) is 1. The predicted octanol–water partition coefficient (Wildman–Crippen LogP) is 7.09. The number of benzene rings is 4. The molecule has 64 heavy (non-hydrogen) atoms. The molecule has 4 aromatic carbocycles. The maximum absolute atomic E-state index is 13.4. The number of nitrogens with zero attached hydrogens (tertiary/aromatic N) is 4. The summed E-state index contributed by atoms with van der Waals surface area (Å²) in [7, 11) is 0. The summed E-state index contributed by atoms with van der Waals surface area (Å²) in [5, 5.41) is 19.0. The summed E-state index contributed by atoms with van der Waals surface area (Å²) in [6.07, 6.45) is 11.3. The van der Waals surface area contributed by atoms with Gasteiger partial charge in [0, 0.05) is 75.3 Å². The zero-order chi connectivity index (χ0) is 43.3. The average molecular weight is 863 g/mol. The van der Waals surface area contributed by atoms with Crippen molar-refractivity contribution in [2.45, 2.75) is 112 Å². The number of carbonyl (C=O) groups excluding carboxylic acids is 1. The molecule has 6 atom stereocenters. The van der Waals surface area contributed by atoms with Gasteiger partial charge in [0.1, 0.15) is 5.75 Å². The molecule has 4 saturated heterocycles. The van der Waals surface area contributed by atoms with Crippen molar-refractivity contribution in [3.05, 3.63) is 137 Å².